The molecule has 1 heterocycles. The van der Waals surface area contributed by atoms with E-state index < -0.39 is 0 Å². The average Bonchev–Trinajstić information content (AvgIpc) is 2.87. The van der Waals surface area contributed by atoms with Gasteiger partial charge in [-0.05, 0) is 30.7 Å². The van der Waals surface area contributed by atoms with Gasteiger partial charge in [-0.3, -0.25) is 4.79 Å². The van der Waals surface area contributed by atoms with E-state index >= 15 is 0 Å². The molecule has 4 heteroatoms. The van der Waals surface area contributed by atoms with Crippen LogP contribution in [0.15, 0.2) is 48.5 Å². The van der Waals surface area contributed by atoms with Gasteiger partial charge in [-0.25, -0.2) is 0 Å². The molecule has 0 aliphatic carbocycles. The minimum absolute atomic E-state index is 0.166. The molecule has 0 saturated carbocycles. The Morgan fingerprint density at radius 2 is 1.95 bits per heavy atom. The summed E-state index contributed by atoms with van der Waals surface area (Å²) in [5, 5.41) is 13.4. The lowest BCUT2D eigenvalue weighted by Crippen LogP contribution is -2.12. The van der Waals surface area contributed by atoms with Gasteiger partial charge < -0.3 is 15.4 Å². The van der Waals surface area contributed by atoms with Gasteiger partial charge in [0.25, 0.3) is 5.91 Å². The number of phenols is 1. The summed E-state index contributed by atoms with van der Waals surface area (Å²) in [6.07, 6.45) is 0. The molecule has 0 bridgehead atoms. The Kier molecular flexibility index (Phi) is 2.91. The minimum Gasteiger partial charge on any atom is -0.508 e. The van der Waals surface area contributed by atoms with Crippen LogP contribution in [0.4, 0.5) is 5.69 Å². The summed E-state index contributed by atoms with van der Waals surface area (Å²) >= 11 is 0. The largest absolute Gasteiger partial charge is 0.508 e. The monoisotopic (exact) mass is 266 g/mol. The molecule has 0 aliphatic heterocycles. The van der Waals surface area contributed by atoms with Crippen LogP contribution in [0.1, 0.15) is 16.1 Å². The number of aryl methyl sites for hydroxylation is 1. The number of para-hydroxylation sites is 1. The molecule has 0 saturated heterocycles. The fraction of sp³-hybridized carbons (Fsp3) is 0.0625. The third-order valence-electron chi connectivity index (χ3n) is 3.24. The van der Waals surface area contributed by atoms with Gasteiger partial charge in [0.1, 0.15) is 11.4 Å². The number of hydrogen-bond donors (Lipinski definition) is 3. The molecule has 3 rings (SSSR count). The van der Waals surface area contributed by atoms with Crippen LogP contribution < -0.4 is 5.32 Å². The number of aromatic amines is 1. The van der Waals surface area contributed by atoms with Gasteiger partial charge in [0.15, 0.2) is 0 Å². The summed E-state index contributed by atoms with van der Waals surface area (Å²) in [4.78, 5) is 15.2. The van der Waals surface area contributed by atoms with Gasteiger partial charge in [0.2, 0.25) is 0 Å². The van der Waals surface area contributed by atoms with E-state index in [1.807, 2.05) is 24.3 Å². The molecule has 1 amide bonds. The van der Waals surface area contributed by atoms with E-state index in [0.29, 0.717) is 11.4 Å². The van der Waals surface area contributed by atoms with Crippen molar-refractivity contribution in [1.29, 1.82) is 0 Å². The lowest BCUT2D eigenvalue weighted by atomic mass is 10.2. The number of carbonyl (C=O) groups excluding carboxylic acids is 1. The van der Waals surface area contributed by atoms with Crippen molar-refractivity contribution in [3.05, 3.63) is 59.8 Å². The Hall–Kier alpha value is -2.75. The van der Waals surface area contributed by atoms with E-state index in [2.05, 4.69) is 10.3 Å². The van der Waals surface area contributed by atoms with Crippen molar-refractivity contribution in [2.45, 2.75) is 6.92 Å². The molecule has 100 valence electrons. The summed E-state index contributed by atoms with van der Waals surface area (Å²) in [5.41, 5.74) is 2.75. The molecule has 3 aromatic rings. The van der Waals surface area contributed by atoms with E-state index in [1.54, 1.807) is 25.1 Å². The maximum absolute atomic E-state index is 12.2. The molecule has 0 unspecified atom stereocenters. The van der Waals surface area contributed by atoms with Crippen LogP contribution in [0.5, 0.6) is 5.75 Å². The Morgan fingerprint density at radius 1 is 1.15 bits per heavy atom. The first-order valence-electron chi connectivity index (χ1n) is 6.32. The van der Waals surface area contributed by atoms with Crippen LogP contribution in [0.3, 0.4) is 0 Å². The lowest BCUT2D eigenvalue weighted by Gasteiger charge is -2.05. The number of H-pyrrole nitrogens is 1. The molecule has 0 spiro atoms. The molecule has 0 radical (unpaired) electrons. The third-order valence-corrected chi connectivity index (χ3v) is 3.24. The predicted molar refractivity (Wildman–Crippen MR) is 79.1 cm³/mol. The molecule has 1 aromatic heterocycles. The molecule has 20 heavy (non-hydrogen) atoms. The van der Waals surface area contributed by atoms with Crippen molar-refractivity contribution in [3.8, 4) is 5.75 Å². The highest BCUT2D eigenvalue weighted by molar-refractivity contribution is 6.06. The van der Waals surface area contributed by atoms with Crippen LogP contribution in [0.25, 0.3) is 10.9 Å². The summed E-state index contributed by atoms with van der Waals surface area (Å²) in [6.45, 7) is 1.80. The van der Waals surface area contributed by atoms with E-state index in [1.165, 1.54) is 6.07 Å². The van der Waals surface area contributed by atoms with Crippen LogP contribution in [0.2, 0.25) is 0 Å². The molecule has 0 atom stereocenters. The molecular formula is C16H14N2O2. The van der Waals surface area contributed by atoms with E-state index in [9.17, 15) is 9.90 Å². The topological polar surface area (TPSA) is 65.1 Å². The maximum Gasteiger partial charge on any atom is 0.272 e. The summed E-state index contributed by atoms with van der Waals surface area (Å²) in [6, 6.07) is 14.6. The first-order valence-corrected chi connectivity index (χ1v) is 6.32. The highest BCUT2D eigenvalue weighted by Crippen LogP contribution is 2.22. The van der Waals surface area contributed by atoms with Crippen molar-refractivity contribution in [3.63, 3.8) is 0 Å². The zero-order valence-corrected chi connectivity index (χ0v) is 11.0. The Bertz CT molecular complexity index is 757. The second-order valence-electron chi connectivity index (χ2n) is 4.73. The zero-order valence-electron chi connectivity index (χ0n) is 11.0. The van der Waals surface area contributed by atoms with Gasteiger partial charge in [-0.1, -0.05) is 24.3 Å². The van der Waals surface area contributed by atoms with Crippen molar-refractivity contribution in [1.82, 2.24) is 4.98 Å². The number of aromatic hydroxyl groups is 1. The van der Waals surface area contributed by atoms with Gasteiger partial charge in [-0.2, -0.15) is 0 Å². The number of carbonyl (C=O) groups is 1. The predicted octanol–water partition coefficient (Wildman–Crippen LogP) is 3.43. The number of aromatic nitrogens is 1. The quantitative estimate of drug-likeness (QED) is 0.665. The molecule has 0 aliphatic rings. The number of fused-ring (bicyclic) bond motifs is 1. The van der Waals surface area contributed by atoms with Gasteiger partial charge in [0, 0.05) is 22.7 Å². The minimum atomic E-state index is -0.232. The smallest absolute Gasteiger partial charge is 0.272 e. The van der Waals surface area contributed by atoms with Gasteiger partial charge >= 0.3 is 0 Å². The molecule has 2 aromatic carbocycles. The normalized spacial score (nSPS) is 10.7. The van der Waals surface area contributed by atoms with E-state index in [-0.39, 0.29) is 11.7 Å². The second kappa shape index (κ2) is 4.74. The Morgan fingerprint density at radius 3 is 2.70 bits per heavy atom. The number of nitrogens with one attached hydrogen (secondary N) is 2. The summed E-state index contributed by atoms with van der Waals surface area (Å²) in [7, 11) is 0. The second-order valence-corrected chi connectivity index (χ2v) is 4.73. The first-order chi connectivity index (χ1) is 9.63. The standard InChI is InChI=1S/C16H14N2O2/c1-10-6-7-12(9-15(10)19)17-16(20)14-8-11-4-2-3-5-13(11)18-14/h2-9,18-19H,1H3,(H,17,20). The van der Waals surface area contributed by atoms with Gasteiger partial charge in [0.05, 0.1) is 0 Å². The summed E-state index contributed by atoms with van der Waals surface area (Å²) < 4.78 is 0. The molecule has 4 nitrogen and oxygen atoms in total. The Labute approximate surface area is 116 Å². The highest BCUT2D eigenvalue weighted by Gasteiger charge is 2.10. The van der Waals surface area contributed by atoms with E-state index in [0.717, 1.165) is 16.5 Å². The van der Waals surface area contributed by atoms with Crippen molar-refractivity contribution in [2.75, 3.05) is 5.32 Å². The van der Waals surface area contributed by atoms with Crippen LogP contribution in [-0.4, -0.2) is 16.0 Å². The molecular weight excluding hydrogens is 252 g/mol. The van der Waals surface area contributed by atoms with Crippen molar-refractivity contribution >= 4 is 22.5 Å². The maximum atomic E-state index is 12.2. The highest BCUT2D eigenvalue weighted by atomic mass is 16.3. The first kappa shape index (κ1) is 12.3. The summed E-state index contributed by atoms with van der Waals surface area (Å²) in [5.74, 6) is -0.0658. The van der Waals surface area contributed by atoms with Crippen molar-refractivity contribution in [2.24, 2.45) is 0 Å². The van der Waals surface area contributed by atoms with Crippen LogP contribution >= 0.6 is 0 Å². The number of phenolic OH excluding ortho intramolecular Hbond substituents is 1. The van der Waals surface area contributed by atoms with Crippen LogP contribution in [-0.2, 0) is 0 Å². The number of rotatable bonds is 2. The average molecular weight is 266 g/mol. The Balaban J connectivity index is 1.86. The molecule has 0 fully saturated rings. The number of anilines is 1. The van der Waals surface area contributed by atoms with Crippen LogP contribution in [0, 0.1) is 6.92 Å². The third kappa shape index (κ3) is 2.23. The number of benzene rings is 2. The fourth-order valence-electron chi connectivity index (χ4n) is 2.08. The van der Waals surface area contributed by atoms with E-state index in [4.69, 9.17) is 0 Å². The SMILES string of the molecule is Cc1ccc(NC(=O)c2cc3ccccc3[nH]2)cc1O. The molecule has 3 N–H and O–H groups in total. The number of hydrogen-bond acceptors (Lipinski definition) is 2. The fourth-order valence-corrected chi connectivity index (χ4v) is 2.08. The zero-order chi connectivity index (χ0) is 14.1. The van der Waals surface area contributed by atoms with Crippen molar-refractivity contribution < 1.29 is 9.90 Å². The number of amides is 1. The van der Waals surface area contributed by atoms with Gasteiger partial charge in [-0.15, -0.1) is 0 Å². The lowest BCUT2D eigenvalue weighted by molar-refractivity contribution is 0.102.